The molecule has 1 atom stereocenters. The predicted octanol–water partition coefficient (Wildman–Crippen LogP) is 1.06. The highest BCUT2D eigenvalue weighted by Crippen LogP contribution is 2.25. The van der Waals surface area contributed by atoms with Crippen molar-refractivity contribution in [3.8, 4) is 5.88 Å². The molecule has 0 saturated heterocycles. The van der Waals surface area contributed by atoms with Crippen molar-refractivity contribution < 1.29 is 14.6 Å². The molecule has 0 aliphatic heterocycles. The lowest BCUT2D eigenvalue weighted by Crippen LogP contribution is -2.23. The van der Waals surface area contributed by atoms with Crippen LogP contribution in [0, 0.1) is 5.92 Å². The van der Waals surface area contributed by atoms with Gasteiger partial charge in [0.25, 0.3) is 0 Å². The van der Waals surface area contributed by atoms with Crippen LogP contribution in [0.25, 0.3) is 0 Å². The maximum atomic E-state index is 10.9. The van der Waals surface area contributed by atoms with Gasteiger partial charge in [0.05, 0.1) is 18.2 Å². The van der Waals surface area contributed by atoms with E-state index < -0.39 is 5.97 Å². The number of hydrogen-bond acceptors (Lipinski definition) is 4. The Morgan fingerprint density at radius 1 is 1.62 bits per heavy atom. The molecule has 2 rings (SSSR count). The third-order valence-electron chi connectivity index (χ3n) is 2.78. The zero-order valence-corrected chi connectivity index (χ0v) is 9.14. The largest absolute Gasteiger partial charge is 0.481 e. The Morgan fingerprint density at radius 2 is 2.44 bits per heavy atom. The minimum atomic E-state index is -0.736. The smallest absolute Gasteiger partial charge is 0.306 e. The average molecular weight is 222 g/mol. The van der Waals surface area contributed by atoms with Crippen LogP contribution < -0.4 is 4.74 Å². The Balaban J connectivity index is 2.21. The van der Waals surface area contributed by atoms with Gasteiger partial charge in [-0.25, -0.2) is 0 Å². The second-order valence-corrected chi connectivity index (χ2v) is 3.87. The monoisotopic (exact) mass is 222 g/mol. The summed E-state index contributed by atoms with van der Waals surface area (Å²) in [4.78, 5) is 10.9. The molecule has 86 valence electrons. The molecule has 0 fully saturated rings. The summed E-state index contributed by atoms with van der Waals surface area (Å²) in [6.07, 6.45) is 1.86. The first-order valence-electron chi connectivity index (χ1n) is 5.41. The molecule has 0 radical (unpaired) electrons. The maximum absolute atomic E-state index is 10.9. The van der Waals surface area contributed by atoms with Crippen molar-refractivity contribution >= 4 is 5.97 Å². The van der Waals surface area contributed by atoms with Gasteiger partial charge in [-0.1, -0.05) is 0 Å². The van der Waals surface area contributed by atoms with E-state index in [0.29, 0.717) is 31.7 Å². The first-order valence-corrected chi connectivity index (χ1v) is 5.41. The molecule has 5 nitrogen and oxygen atoms in total. The summed E-state index contributed by atoms with van der Waals surface area (Å²) in [5.41, 5.74) is 1.86. The van der Waals surface area contributed by atoms with E-state index in [1.807, 2.05) is 6.92 Å². The molecule has 1 aliphatic carbocycles. The summed E-state index contributed by atoms with van der Waals surface area (Å²) in [6, 6.07) is 1.81. The highest BCUT2D eigenvalue weighted by molar-refractivity contribution is 5.70. The van der Waals surface area contributed by atoms with E-state index in [-0.39, 0.29) is 5.92 Å². The van der Waals surface area contributed by atoms with Crippen LogP contribution in [-0.2, 0) is 17.6 Å². The number of nitrogens with zero attached hydrogens (tertiary/aromatic N) is 2. The van der Waals surface area contributed by atoms with E-state index in [9.17, 15) is 4.79 Å². The van der Waals surface area contributed by atoms with Crippen molar-refractivity contribution in [1.29, 1.82) is 0 Å². The molecule has 0 spiro atoms. The summed E-state index contributed by atoms with van der Waals surface area (Å²) < 4.78 is 5.25. The molecule has 1 N–H and O–H groups in total. The fourth-order valence-electron chi connectivity index (χ4n) is 1.93. The fraction of sp³-hybridized carbons (Fsp3) is 0.545. The Kier molecular flexibility index (Phi) is 3.03. The van der Waals surface area contributed by atoms with Gasteiger partial charge in [0, 0.05) is 6.07 Å². The van der Waals surface area contributed by atoms with Gasteiger partial charge in [0.2, 0.25) is 5.88 Å². The van der Waals surface area contributed by atoms with Gasteiger partial charge in [-0.15, -0.1) is 5.10 Å². The van der Waals surface area contributed by atoms with Crippen molar-refractivity contribution in [1.82, 2.24) is 10.2 Å². The summed E-state index contributed by atoms with van der Waals surface area (Å²) in [7, 11) is 0. The van der Waals surface area contributed by atoms with Crippen LogP contribution in [0.15, 0.2) is 6.07 Å². The van der Waals surface area contributed by atoms with Crippen LogP contribution in [0.3, 0.4) is 0 Å². The lowest BCUT2D eigenvalue weighted by Gasteiger charge is -2.20. The molecule has 1 unspecified atom stereocenters. The molecule has 0 aromatic carbocycles. The lowest BCUT2D eigenvalue weighted by molar-refractivity contribution is -0.142. The number of carboxylic acid groups (broad SMARTS) is 1. The Bertz CT molecular complexity index is 406. The standard InChI is InChI=1S/C11H14N2O3/c1-2-16-10-6-8-5-7(11(14)15)3-4-9(8)12-13-10/h6-7H,2-5H2,1H3,(H,14,15). The minimum absolute atomic E-state index is 0.300. The van der Waals surface area contributed by atoms with Gasteiger partial charge < -0.3 is 9.84 Å². The normalized spacial score (nSPS) is 18.9. The Labute approximate surface area is 93.5 Å². The molecule has 0 saturated carbocycles. The first kappa shape index (κ1) is 10.9. The zero-order chi connectivity index (χ0) is 11.5. The molecule has 1 aliphatic rings. The number of ether oxygens (including phenoxy) is 1. The fourth-order valence-corrected chi connectivity index (χ4v) is 1.93. The minimum Gasteiger partial charge on any atom is -0.481 e. The molecule has 1 aromatic rings. The number of aryl methyl sites for hydroxylation is 1. The van der Waals surface area contributed by atoms with Crippen LogP contribution in [0.1, 0.15) is 24.6 Å². The third-order valence-corrected chi connectivity index (χ3v) is 2.78. The SMILES string of the molecule is CCOc1cc2c(nn1)CCC(C(=O)O)C2. The number of rotatable bonds is 3. The molecule has 0 bridgehead atoms. The summed E-state index contributed by atoms with van der Waals surface area (Å²) in [5.74, 6) is -0.557. The second-order valence-electron chi connectivity index (χ2n) is 3.87. The number of aromatic nitrogens is 2. The van der Waals surface area contributed by atoms with Crippen LogP contribution in [-0.4, -0.2) is 27.9 Å². The summed E-state index contributed by atoms with van der Waals surface area (Å²) in [5, 5.41) is 17.0. The molecular formula is C11H14N2O3. The van der Waals surface area contributed by atoms with Crippen LogP contribution in [0.2, 0.25) is 0 Å². The highest BCUT2D eigenvalue weighted by Gasteiger charge is 2.25. The van der Waals surface area contributed by atoms with Gasteiger partial charge in [-0.05, 0) is 31.7 Å². The molecule has 0 amide bonds. The average Bonchev–Trinajstić information content (AvgIpc) is 2.28. The van der Waals surface area contributed by atoms with Crippen molar-refractivity contribution in [3.63, 3.8) is 0 Å². The number of aliphatic carboxylic acids is 1. The number of carbonyl (C=O) groups is 1. The third kappa shape index (κ3) is 2.13. The molecule has 1 heterocycles. The van der Waals surface area contributed by atoms with E-state index in [1.54, 1.807) is 6.07 Å². The molecule has 16 heavy (non-hydrogen) atoms. The van der Waals surface area contributed by atoms with Crippen LogP contribution in [0.4, 0.5) is 0 Å². The van der Waals surface area contributed by atoms with E-state index in [0.717, 1.165) is 11.3 Å². The lowest BCUT2D eigenvalue weighted by atomic mass is 9.87. The molecule has 5 heteroatoms. The van der Waals surface area contributed by atoms with Crippen molar-refractivity contribution in [3.05, 3.63) is 17.3 Å². The second kappa shape index (κ2) is 4.47. The summed E-state index contributed by atoms with van der Waals surface area (Å²) in [6.45, 7) is 2.41. The van der Waals surface area contributed by atoms with Gasteiger partial charge in [-0.3, -0.25) is 4.79 Å². The predicted molar refractivity (Wildman–Crippen MR) is 56.4 cm³/mol. The number of fused-ring (bicyclic) bond motifs is 1. The van der Waals surface area contributed by atoms with Crippen LogP contribution >= 0.6 is 0 Å². The molecular weight excluding hydrogens is 208 g/mol. The van der Waals surface area contributed by atoms with Crippen molar-refractivity contribution in [2.75, 3.05) is 6.61 Å². The molecule has 1 aromatic heterocycles. The Hall–Kier alpha value is -1.65. The van der Waals surface area contributed by atoms with Crippen LogP contribution in [0.5, 0.6) is 5.88 Å². The van der Waals surface area contributed by atoms with E-state index in [2.05, 4.69) is 10.2 Å². The van der Waals surface area contributed by atoms with Crippen molar-refractivity contribution in [2.24, 2.45) is 5.92 Å². The van der Waals surface area contributed by atoms with Gasteiger partial charge in [0.1, 0.15) is 0 Å². The quantitative estimate of drug-likeness (QED) is 0.828. The Morgan fingerprint density at radius 3 is 3.12 bits per heavy atom. The zero-order valence-electron chi connectivity index (χ0n) is 9.14. The van der Waals surface area contributed by atoms with E-state index >= 15 is 0 Å². The highest BCUT2D eigenvalue weighted by atomic mass is 16.5. The van der Waals surface area contributed by atoms with Gasteiger partial charge in [-0.2, -0.15) is 5.10 Å². The maximum Gasteiger partial charge on any atom is 0.306 e. The van der Waals surface area contributed by atoms with Gasteiger partial charge in [0.15, 0.2) is 0 Å². The number of hydrogen-bond donors (Lipinski definition) is 1. The first-order chi connectivity index (χ1) is 7.70. The number of carboxylic acids is 1. The van der Waals surface area contributed by atoms with E-state index in [4.69, 9.17) is 9.84 Å². The summed E-state index contributed by atoms with van der Waals surface area (Å²) >= 11 is 0. The van der Waals surface area contributed by atoms with E-state index in [1.165, 1.54) is 0 Å². The topological polar surface area (TPSA) is 72.3 Å². The van der Waals surface area contributed by atoms with Gasteiger partial charge >= 0.3 is 5.97 Å². The van der Waals surface area contributed by atoms with Crippen molar-refractivity contribution in [2.45, 2.75) is 26.2 Å².